The van der Waals surface area contributed by atoms with E-state index in [1.54, 1.807) is 23.4 Å². The van der Waals surface area contributed by atoms with Gasteiger partial charge in [0.1, 0.15) is 23.7 Å². The van der Waals surface area contributed by atoms with Gasteiger partial charge in [0.05, 0.1) is 30.9 Å². The van der Waals surface area contributed by atoms with Crippen molar-refractivity contribution in [3.8, 4) is 16.9 Å². The lowest BCUT2D eigenvalue weighted by molar-refractivity contribution is -0.135. The molecule has 0 saturated carbocycles. The molecule has 4 atom stereocenters. The average molecular weight is 546 g/mol. The molecule has 210 valence electrons. The van der Waals surface area contributed by atoms with Crippen molar-refractivity contribution in [1.82, 2.24) is 25.1 Å². The first kappa shape index (κ1) is 26.5. The van der Waals surface area contributed by atoms with Crippen LogP contribution in [0.2, 0.25) is 0 Å². The van der Waals surface area contributed by atoms with E-state index in [9.17, 15) is 14.7 Å². The second kappa shape index (κ2) is 11.8. The van der Waals surface area contributed by atoms with Crippen molar-refractivity contribution in [2.45, 2.75) is 50.2 Å². The Morgan fingerprint density at radius 1 is 1.02 bits per heavy atom. The standard InChI is InChI=1S/C30H35N5O5/c36-25-9-7-22-10-15-39-26-16-21(20-4-2-1-3-5-20)6-8-23(26)30(38)35-14-13-34(19-28-31-11-12-32-28)18-24(35)29(37)33-17-27(25)40-22/h1-6,8,11-12,16,22,24-25,27,36H,7,9-10,13-15,17-19H2,(H,31,32)(H,33,37)/t22-,24-,25-,27+/m0/s1. The molecule has 1 aromatic heterocycles. The minimum Gasteiger partial charge on any atom is -0.493 e. The Bertz CT molecular complexity index is 1320. The minimum atomic E-state index is -0.725. The highest BCUT2D eigenvalue weighted by atomic mass is 16.5. The van der Waals surface area contributed by atoms with Crippen molar-refractivity contribution in [3.63, 3.8) is 0 Å². The van der Waals surface area contributed by atoms with Crippen LogP contribution in [-0.2, 0) is 16.1 Å². The normalized spacial score (nSPS) is 26.2. The maximum Gasteiger partial charge on any atom is 0.258 e. The number of rotatable bonds is 3. The third kappa shape index (κ3) is 5.74. The van der Waals surface area contributed by atoms with Gasteiger partial charge in [-0.05, 0) is 36.1 Å². The van der Waals surface area contributed by atoms with Crippen molar-refractivity contribution in [1.29, 1.82) is 0 Å². The molecule has 2 amide bonds. The van der Waals surface area contributed by atoms with Gasteiger partial charge in [0, 0.05) is 45.0 Å². The van der Waals surface area contributed by atoms with Gasteiger partial charge in [-0.25, -0.2) is 4.98 Å². The lowest BCUT2D eigenvalue weighted by atomic mass is 9.98. The zero-order chi connectivity index (χ0) is 27.5. The summed E-state index contributed by atoms with van der Waals surface area (Å²) in [7, 11) is 0. The number of fused-ring (bicyclic) bond motifs is 4. The molecular formula is C30H35N5O5. The molecule has 10 nitrogen and oxygen atoms in total. The first-order chi connectivity index (χ1) is 19.5. The van der Waals surface area contributed by atoms with E-state index in [0.29, 0.717) is 63.4 Å². The van der Waals surface area contributed by atoms with E-state index < -0.39 is 18.2 Å². The van der Waals surface area contributed by atoms with Crippen LogP contribution in [0, 0.1) is 0 Å². The number of aromatic nitrogens is 2. The van der Waals surface area contributed by atoms with Gasteiger partial charge in [0.2, 0.25) is 5.91 Å². The van der Waals surface area contributed by atoms with Gasteiger partial charge in [0.15, 0.2) is 0 Å². The zero-order valence-electron chi connectivity index (χ0n) is 22.4. The van der Waals surface area contributed by atoms with Crippen molar-refractivity contribution in [2.24, 2.45) is 0 Å². The second-order valence-electron chi connectivity index (χ2n) is 10.7. The molecule has 10 heteroatoms. The van der Waals surface area contributed by atoms with Gasteiger partial charge in [-0.3, -0.25) is 14.5 Å². The van der Waals surface area contributed by atoms with Crippen molar-refractivity contribution in [3.05, 3.63) is 72.3 Å². The quantitative estimate of drug-likeness (QED) is 0.462. The summed E-state index contributed by atoms with van der Waals surface area (Å²) >= 11 is 0. The molecule has 2 bridgehead atoms. The zero-order valence-corrected chi connectivity index (χ0v) is 22.4. The third-order valence-corrected chi connectivity index (χ3v) is 8.03. The Morgan fingerprint density at radius 3 is 2.73 bits per heavy atom. The van der Waals surface area contributed by atoms with Crippen molar-refractivity contribution >= 4 is 11.8 Å². The van der Waals surface area contributed by atoms with E-state index in [4.69, 9.17) is 9.47 Å². The van der Waals surface area contributed by atoms with E-state index in [2.05, 4.69) is 20.2 Å². The molecule has 2 saturated heterocycles. The summed E-state index contributed by atoms with van der Waals surface area (Å²) in [5.74, 6) is 0.794. The van der Waals surface area contributed by atoms with Crippen LogP contribution < -0.4 is 10.1 Å². The summed E-state index contributed by atoms with van der Waals surface area (Å²) < 4.78 is 12.4. The number of amides is 2. The predicted octanol–water partition coefficient (Wildman–Crippen LogP) is 2.21. The second-order valence-corrected chi connectivity index (χ2v) is 10.7. The van der Waals surface area contributed by atoms with E-state index >= 15 is 0 Å². The molecule has 4 heterocycles. The number of imidazole rings is 1. The Kier molecular flexibility index (Phi) is 7.81. The monoisotopic (exact) mass is 545 g/mol. The van der Waals surface area contributed by atoms with Gasteiger partial charge in [0.25, 0.3) is 5.91 Å². The minimum absolute atomic E-state index is 0.0975. The molecule has 6 rings (SSSR count). The number of hydrogen-bond donors (Lipinski definition) is 3. The molecule has 0 spiro atoms. The average Bonchev–Trinajstić information content (AvgIpc) is 3.50. The third-order valence-electron chi connectivity index (χ3n) is 8.03. The molecule has 2 fully saturated rings. The van der Waals surface area contributed by atoms with Gasteiger partial charge in [-0.2, -0.15) is 0 Å². The summed E-state index contributed by atoms with van der Waals surface area (Å²) in [5, 5.41) is 13.5. The maximum absolute atomic E-state index is 14.1. The van der Waals surface area contributed by atoms with E-state index in [-0.39, 0.29) is 24.5 Å². The highest BCUT2D eigenvalue weighted by Crippen LogP contribution is 2.31. The van der Waals surface area contributed by atoms with Crippen LogP contribution in [0.15, 0.2) is 60.9 Å². The molecular weight excluding hydrogens is 510 g/mol. The van der Waals surface area contributed by atoms with Crippen LogP contribution in [0.25, 0.3) is 11.1 Å². The fourth-order valence-corrected chi connectivity index (χ4v) is 5.79. The van der Waals surface area contributed by atoms with Gasteiger partial charge in [-0.15, -0.1) is 0 Å². The molecule has 2 aromatic carbocycles. The Morgan fingerprint density at radius 2 is 1.90 bits per heavy atom. The van der Waals surface area contributed by atoms with E-state index in [0.717, 1.165) is 17.0 Å². The first-order valence-electron chi connectivity index (χ1n) is 14.0. The summed E-state index contributed by atoms with van der Waals surface area (Å²) in [6.07, 6.45) is 4.15. The van der Waals surface area contributed by atoms with Crippen molar-refractivity contribution < 1.29 is 24.2 Å². The molecule has 0 radical (unpaired) electrons. The molecule has 0 unspecified atom stereocenters. The largest absolute Gasteiger partial charge is 0.493 e. The van der Waals surface area contributed by atoms with E-state index in [1.807, 2.05) is 42.5 Å². The van der Waals surface area contributed by atoms with Crippen LogP contribution in [0.1, 0.15) is 35.4 Å². The summed E-state index contributed by atoms with van der Waals surface area (Å²) in [6, 6.07) is 14.9. The van der Waals surface area contributed by atoms with Crippen LogP contribution in [0.4, 0.5) is 0 Å². The number of aliphatic hydroxyl groups excluding tert-OH is 1. The highest BCUT2D eigenvalue weighted by Gasteiger charge is 2.38. The number of aromatic amines is 1. The lowest BCUT2D eigenvalue weighted by Crippen LogP contribution is -2.61. The van der Waals surface area contributed by atoms with Crippen LogP contribution in [0.3, 0.4) is 0 Å². The Labute approximate surface area is 233 Å². The smallest absolute Gasteiger partial charge is 0.258 e. The van der Waals surface area contributed by atoms with Crippen LogP contribution >= 0.6 is 0 Å². The molecule has 3 aliphatic rings. The van der Waals surface area contributed by atoms with Gasteiger partial charge in [-0.1, -0.05) is 36.4 Å². The highest BCUT2D eigenvalue weighted by molar-refractivity contribution is 6.00. The Hall–Kier alpha value is -3.73. The van der Waals surface area contributed by atoms with Crippen LogP contribution in [0.5, 0.6) is 5.75 Å². The van der Waals surface area contributed by atoms with Gasteiger partial charge >= 0.3 is 0 Å². The van der Waals surface area contributed by atoms with Crippen molar-refractivity contribution in [2.75, 3.05) is 32.8 Å². The summed E-state index contributed by atoms with van der Waals surface area (Å²) in [4.78, 5) is 38.9. The molecule has 3 N–H and O–H groups in total. The predicted molar refractivity (Wildman–Crippen MR) is 148 cm³/mol. The number of piperazine rings is 1. The fraction of sp³-hybridized carbons (Fsp3) is 0.433. The maximum atomic E-state index is 14.1. The molecule has 3 aliphatic heterocycles. The first-order valence-corrected chi connectivity index (χ1v) is 14.0. The number of H-pyrrole nitrogens is 1. The van der Waals surface area contributed by atoms with E-state index in [1.165, 1.54) is 0 Å². The number of carbonyl (C=O) groups excluding carboxylic acids is 2. The van der Waals surface area contributed by atoms with Gasteiger partial charge < -0.3 is 29.8 Å². The SMILES string of the molecule is O=C1NC[C@H]2O[C@H](CCOc3cc(-c4ccccc4)ccc3C(=O)N3CCN(Cc4ncc[nH]4)C[C@@H]13)CC[C@@H]2O. The molecule has 3 aromatic rings. The van der Waals surface area contributed by atoms with Crippen LogP contribution in [-0.4, -0.2) is 93.8 Å². The summed E-state index contributed by atoms with van der Waals surface area (Å²) in [5.41, 5.74) is 2.41. The Balaban J connectivity index is 1.33. The summed E-state index contributed by atoms with van der Waals surface area (Å²) in [6.45, 7) is 2.44. The fourth-order valence-electron chi connectivity index (χ4n) is 5.79. The number of nitrogens with zero attached hydrogens (tertiary/aromatic N) is 3. The number of benzene rings is 2. The topological polar surface area (TPSA) is 120 Å². The number of carbonyl (C=O) groups is 2. The number of aliphatic hydroxyl groups is 1. The molecule has 0 aliphatic carbocycles. The number of ether oxygens (including phenoxy) is 2. The number of hydrogen-bond acceptors (Lipinski definition) is 7. The number of nitrogens with one attached hydrogen (secondary N) is 2. The molecule has 40 heavy (non-hydrogen) atoms. The lowest BCUT2D eigenvalue weighted by Gasteiger charge is -2.41.